The van der Waals surface area contributed by atoms with Crippen LogP contribution in [0.5, 0.6) is 5.75 Å². The second kappa shape index (κ2) is 7.25. The third-order valence-electron chi connectivity index (χ3n) is 4.72. The Hall–Kier alpha value is -2.37. The van der Waals surface area contributed by atoms with Crippen LogP contribution in [0.15, 0.2) is 24.3 Å². The largest absolute Gasteiger partial charge is 0.496 e. The number of carbonyl (C=O) groups excluding carboxylic acids is 1. The van der Waals surface area contributed by atoms with Crippen LogP contribution in [0.1, 0.15) is 56.4 Å². The van der Waals surface area contributed by atoms with Crippen LogP contribution in [-0.4, -0.2) is 39.2 Å². The standard InChI is InChI=1S/C19H26N4O2/c1-13(2)19-21-20-17-12-22(11-14(3)23(17)19)18(24)10-9-15-7-5-6-8-16(15)25-4/h5-8,13-14H,9-12H2,1-4H3/t14-/m0/s1. The summed E-state index contributed by atoms with van der Waals surface area (Å²) in [5, 5.41) is 8.62. The van der Waals surface area contributed by atoms with Crippen LogP contribution in [0.25, 0.3) is 0 Å². The van der Waals surface area contributed by atoms with E-state index in [-0.39, 0.29) is 11.9 Å². The normalized spacial score (nSPS) is 16.8. The van der Waals surface area contributed by atoms with E-state index in [9.17, 15) is 4.79 Å². The van der Waals surface area contributed by atoms with E-state index in [1.165, 1.54) is 0 Å². The van der Waals surface area contributed by atoms with Gasteiger partial charge in [-0.05, 0) is 25.0 Å². The fourth-order valence-corrected chi connectivity index (χ4v) is 3.45. The minimum absolute atomic E-state index is 0.151. The van der Waals surface area contributed by atoms with Crippen LogP contribution >= 0.6 is 0 Å². The van der Waals surface area contributed by atoms with Gasteiger partial charge in [0, 0.05) is 18.9 Å². The molecule has 6 nitrogen and oxygen atoms in total. The number of methoxy groups -OCH3 is 1. The summed E-state index contributed by atoms with van der Waals surface area (Å²) in [4.78, 5) is 14.6. The maximum Gasteiger partial charge on any atom is 0.223 e. The van der Waals surface area contributed by atoms with Crippen molar-refractivity contribution in [3.05, 3.63) is 41.5 Å². The van der Waals surface area contributed by atoms with E-state index in [0.717, 1.165) is 23.0 Å². The monoisotopic (exact) mass is 342 g/mol. The van der Waals surface area contributed by atoms with E-state index in [1.807, 2.05) is 29.2 Å². The average molecular weight is 342 g/mol. The molecule has 0 bridgehead atoms. The number of nitrogens with zero attached hydrogens (tertiary/aromatic N) is 4. The summed E-state index contributed by atoms with van der Waals surface area (Å²) in [6.45, 7) is 7.60. The molecule has 1 aromatic carbocycles. The van der Waals surface area contributed by atoms with Gasteiger partial charge in [-0.15, -0.1) is 10.2 Å². The summed E-state index contributed by atoms with van der Waals surface area (Å²) >= 11 is 0. The highest BCUT2D eigenvalue weighted by Gasteiger charge is 2.29. The van der Waals surface area contributed by atoms with Crippen molar-refractivity contribution in [2.75, 3.05) is 13.7 Å². The maximum atomic E-state index is 12.7. The molecule has 0 spiro atoms. The van der Waals surface area contributed by atoms with Crippen LogP contribution in [0.2, 0.25) is 0 Å². The van der Waals surface area contributed by atoms with E-state index < -0.39 is 0 Å². The average Bonchev–Trinajstić information content (AvgIpc) is 3.04. The highest BCUT2D eigenvalue weighted by Crippen LogP contribution is 2.26. The van der Waals surface area contributed by atoms with Crippen molar-refractivity contribution in [2.24, 2.45) is 0 Å². The van der Waals surface area contributed by atoms with Crippen LogP contribution in [0.3, 0.4) is 0 Å². The Bertz CT molecular complexity index is 754. The van der Waals surface area contributed by atoms with Crippen molar-refractivity contribution in [3.63, 3.8) is 0 Å². The molecule has 0 saturated heterocycles. The number of benzene rings is 1. The Kier molecular flexibility index (Phi) is 5.06. The summed E-state index contributed by atoms with van der Waals surface area (Å²) in [5.41, 5.74) is 1.06. The molecule has 0 N–H and O–H groups in total. The van der Waals surface area contributed by atoms with E-state index in [4.69, 9.17) is 4.74 Å². The molecule has 2 aromatic rings. The first-order valence-electron chi connectivity index (χ1n) is 8.84. The van der Waals surface area contributed by atoms with Gasteiger partial charge in [0.15, 0.2) is 5.82 Å². The molecule has 1 aliphatic rings. The third-order valence-corrected chi connectivity index (χ3v) is 4.72. The molecule has 25 heavy (non-hydrogen) atoms. The summed E-state index contributed by atoms with van der Waals surface area (Å²) in [6, 6.07) is 8.05. The van der Waals surface area contributed by atoms with E-state index in [1.54, 1.807) is 7.11 Å². The van der Waals surface area contributed by atoms with E-state index in [2.05, 4.69) is 35.5 Å². The molecular formula is C19H26N4O2. The van der Waals surface area contributed by atoms with Crippen LogP contribution in [-0.2, 0) is 17.8 Å². The third kappa shape index (κ3) is 3.52. The highest BCUT2D eigenvalue weighted by molar-refractivity contribution is 5.76. The smallest absolute Gasteiger partial charge is 0.223 e. The van der Waals surface area contributed by atoms with Gasteiger partial charge in [0.25, 0.3) is 0 Å². The lowest BCUT2D eigenvalue weighted by atomic mass is 10.1. The van der Waals surface area contributed by atoms with Crippen LogP contribution in [0.4, 0.5) is 0 Å². The lowest BCUT2D eigenvalue weighted by Crippen LogP contribution is -2.41. The molecule has 0 radical (unpaired) electrons. The number of ether oxygens (including phenoxy) is 1. The van der Waals surface area contributed by atoms with Crippen molar-refractivity contribution in [3.8, 4) is 5.75 Å². The molecule has 0 aliphatic carbocycles. The second-order valence-electron chi connectivity index (χ2n) is 6.93. The highest BCUT2D eigenvalue weighted by atomic mass is 16.5. The first-order chi connectivity index (χ1) is 12.0. The fourth-order valence-electron chi connectivity index (χ4n) is 3.45. The minimum Gasteiger partial charge on any atom is -0.496 e. The summed E-state index contributed by atoms with van der Waals surface area (Å²) in [6.07, 6.45) is 1.15. The number of amides is 1. The van der Waals surface area contributed by atoms with Crippen molar-refractivity contribution >= 4 is 5.91 Å². The quantitative estimate of drug-likeness (QED) is 0.838. The van der Waals surface area contributed by atoms with Gasteiger partial charge in [-0.2, -0.15) is 0 Å². The van der Waals surface area contributed by atoms with Gasteiger partial charge >= 0.3 is 0 Å². The molecule has 0 saturated carbocycles. The van der Waals surface area contributed by atoms with Crippen molar-refractivity contribution in [1.29, 1.82) is 0 Å². The Balaban J connectivity index is 1.67. The number of carbonyl (C=O) groups is 1. The van der Waals surface area contributed by atoms with Crippen molar-refractivity contribution < 1.29 is 9.53 Å². The first-order valence-corrected chi connectivity index (χ1v) is 8.84. The molecule has 6 heteroatoms. The van der Waals surface area contributed by atoms with Gasteiger partial charge in [-0.25, -0.2) is 0 Å². The number of aromatic nitrogens is 3. The number of rotatable bonds is 5. The zero-order valence-electron chi connectivity index (χ0n) is 15.4. The molecule has 1 atom stereocenters. The Labute approximate surface area is 148 Å². The van der Waals surface area contributed by atoms with Gasteiger partial charge < -0.3 is 14.2 Å². The molecule has 0 unspecified atom stereocenters. The van der Waals surface area contributed by atoms with Gasteiger partial charge in [-0.1, -0.05) is 32.0 Å². The molecule has 0 fully saturated rings. The van der Waals surface area contributed by atoms with Gasteiger partial charge in [0.05, 0.1) is 19.7 Å². The molecule has 2 heterocycles. The predicted octanol–water partition coefficient (Wildman–Crippen LogP) is 2.95. The van der Waals surface area contributed by atoms with E-state index in [0.29, 0.717) is 31.8 Å². The fraction of sp³-hybridized carbons (Fsp3) is 0.526. The number of aryl methyl sites for hydroxylation is 1. The zero-order valence-corrected chi connectivity index (χ0v) is 15.4. The van der Waals surface area contributed by atoms with Crippen LogP contribution < -0.4 is 4.74 Å². The molecular weight excluding hydrogens is 316 g/mol. The van der Waals surface area contributed by atoms with Crippen molar-refractivity contribution in [1.82, 2.24) is 19.7 Å². The summed E-state index contributed by atoms with van der Waals surface area (Å²) < 4.78 is 7.55. The molecule has 1 aliphatic heterocycles. The summed E-state index contributed by atoms with van der Waals surface area (Å²) in [5.74, 6) is 3.20. The molecule has 134 valence electrons. The number of hydrogen-bond acceptors (Lipinski definition) is 4. The first kappa shape index (κ1) is 17.5. The number of hydrogen-bond donors (Lipinski definition) is 0. The van der Waals surface area contributed by atoms with Crippen LogP contribution in [0, 0.1) is 0 Å². The molecule has 1 aromatic heterocycles. The number of para-hydroxylation sites is 1. The molecule has 3 rings (SSSR count). The lowest BCUT2D eigenvalue weighted by Gasteiger charge is -2.33. The SMILES string of the molecule is COc1ccccc1CCC(=O)N1Cc2nnc(C(C)C)n2[C@@H](C)C1. The summed E-state index contributed by atoms with van der Waals surface area (Å²) in [7, 11) is 1.66. The lowest BCUT2D eigenvalue weighted by molar-refractivity contribution is -0.133. The van der Waals surface area contributed by atoms with Gasteiger partial charge in [0.2, 0.25) is 5.91 Å². The number of fused-ring (bicyclic) bond motifs is 1. The predicted molar refractivity (Wildman–Crippen MR) is 95.6 cm³/mol. The van der Waals surface area contributed by atoms with Gasteiger partial charge in [-0.3, -0.25) is 4.79 Å². The maximum absolute atomic E-state index is 12.7. The zero-order chi connectivity index (χ0) is 18.0. The van der Waals surface area contributed by atoms with E-state index >= 15 is 0 Å². The molecule has 1 amide bonds. The minimum atomic E-state index is 0.151. The second-order valence-corrected chi connectivity index (χ2v) is 6.93. The topological polar surface area (TPSA) is 60.2 Å². The van der Waals surface area contributed by atoms with Gasteiger partial charge in [0.1, 0.15) is 11.6 Å². The Morgan fingerprint density at radius 2 is 2.08 bits per heavy atom. The Morgan fingerprint density at radius 1 is 1.32 bits per heavy atom. The van der Waals surface area contributed by atoms with Crippen molar-refractivity contribution in [2.45, 2.75) is 52.1 Å². The Morgan fingerprint density at radius 3 is 2.80 bits per heavy atom.